The van der Waals surface area contributed by atoms with Gasteiger partial charge in [0.05, 0.1) is 6.04 Å². The van der Waals surface area contributed by atoms with Crippen LogP contribution in [0.15, 0.2) is 77.8 Å². The first-order chi connectivity index (χ1) is 16.0. The van der Waals surface area contributed by atoms with Crippen molar-refractivity contribution in [2.45, 2.75) is 37.0 Å². The average molecular weight is 647 g/mol. The quantitative estimate of drug-likeness (QED) is 0.249. The van der Waals surface area contributed by atoms with Gasteiger partial charge in [-0.05, 0) is 35.1 Å². The molecule has 34 heavy (non-hydrogen) atoms. The van der Waals surface area contributed by atoms with Crippen molar-refractivity contribution in [3.63, 3.8) is 0 Å². The number of para-hydroxylation sites is 1. The molecule has 1 N–H and O–H groups in total. The third-order valence-electron chi connectivity index (χ3n) is 6.48. The Morgan fingerprint density at radius 3 is 2.71 bits per heavy atom. The van der Waals surface area contributed by atoms with Crippen molar-refractivity contribution in [2.75, 3.05) is 0 Å². The molecule has 0 saturated heterocycles. The van der Waals surface area contributed by atoms with Crippen molar-refractivity contribution >= 4 is 27.7 Å². The summed E-state index contributed by atoms with van der Waals surface area (Å²) < 4.78 is 6.01. The van der Waals surface area contributed by atoms with E-state index in [1.807, 2.05) is 42.1 Å². The molecule has 1 aliphatic carbocycles. The van der Waals surface area contributed by atoms with E-state index in [9.17, 15) is 5.11 Å². The van der Waals surface area contributed by atoms with E-state index in [0.717, 1.165) is 22.4 Å². The summed E-state index contributed by atoms with van der Waals surface area (Å²) >= 11 is 1.85. The zero-order valence-electron chi connectivity index (χ0n) is 18.8. The van der Waals surface area contributed by atoms with Gasteiger partial charge in [0.15, 0.2) is 0 Å². The second kappa shape index (κ2) is 8.87. The summed E-state index contributed by atoms with van der Waals surface area (Å²) in [5.74, 6) is 1.13. The van der Waals surface area contributed by atoms with Crippen LogP contribution in [0.2, 0.25) is 0 Å². The molecular weight excluding hydrogens is 623 g/mol. The fourth-order valence-corrected chi connectivity index (χ4v) is 6.45. The van der Waals surface area contributed by atoms with E-state index in [-0.39, 0.29) is 38.3 Å². The zero-order valence-corrected chi connectivity index (χ0v) is 21.9. The normalized spacial score (nSPS) is 20.1. The first kappa shape index (κ1) is 23.1. The minimum absolute atomic E-state index is 0. The predicted octanol–water partition coefficient (Wildman–Crippen LogP) is 6.81. The van der Waals surface area contributed by atoms with Gasteiger partial charge in [-0.25, -0.2) is 4.98 Å². The van der Waals surface area contributed by atoms with E-state index >= 15 is 0 Å². The van der Waals surface area contributed by atoms with Gasteiger partial charge in [0.1, 0.15) is 11.3 Å². The van der Waals surface area contributed by atoms with Crippen LogP contribution in [0.4, 0.5) is 0 Å². The van der Waals surface area contributed by atoms with Crippen molar-refractivity contribution in [3.05, 3.63) is 95.6 Å². The number of phenolic OH excluding ortho intramolecular Hbond substituents is 1. The maximum atomic E-state index is 10.1. The summed E-state index contributed by atoms with van der Waals surface area (Å²) in [6, 6.07) is 27.2. The summed E-state index contributed by atoms with van der Waals surface area (Å²) in [6.07, 6.45) is 1.09. The number of aromatic nitrogens is 1. The number of phenols is 1. The Bertz CT molecular complexity index is 1420. The fourth-order valence-electron chi connectivity index (χ4n) is 4.90. The summed E-state index contributed by atoms with van der Waals surface area (Å²) in [4.78, 5) is 9.60. The van der Waals surface area contributed by atoms with Gasteiger partial charge in [-0.3, -0.25) is 0 Å². The van der Waals surface area contributed by atoms with Crippen LogP contribution in [0.1, 0.15) is 43.0 Å². The summed E-state index contributed by atoms with van der Waals surface area (Å²) in [5.41, 5.74) is 4.34. The number of thioether (sulfide) groups is 1. The molecule has 0 saturated carbocycles. The smallest absolute Gasteiger partial charge is 0.217 e. The van der Waals surface area contributed by atoms with Crippen molar-refractivity contribution in [3.8, 4) is 17.4 Å². The SMILES string of the molecule is CC1(C)C[C@H]2SC(c3[c-]c(Oc4ccc5cccc(O)c5n4)ccc3)=N[C@H]2c2ccccc21.[Pt]. The predicted molar refractivity (Wildman–Crippen MR) is 134 cm³/mol. The topological polar surface area (TPSA) is 54.7 Å². The van der Waals surface area contributed by atoms with Gasteiger partial charge in [-0.1, -0.05) is 56.3 Å². The molecule has 0 spiro atoms. The Labute approximate surface area is 217 Å². The Morgan fingerprint density at radius 2 is 1.82 bits per heavy atom. The third kappa shape index (κ3) is 4.06. The Kier molecular flexibility index (Phi) is 6.03. The molecule has 4 aromatic rings. The number of hydrogen-bond donors (Lipinski definition) is 1. The minimum atomic E-state index is 0. The number of aliphatic imine (C=N–C) groups is 1. The summed E-state index contributed by atoms with van der Waals surface area (Å²) in [5, 5.41) is 12.4. The van der Waals surface area contributed by atoms with Crippen molar-refractivity contribution in [2.24, 2.45) is 4.99 Å². The van der Waals surface area contributed by atoms with Gasteiger partial charge >= 0.3 is 0 Å². The van der Waals surface area contributed by atoms with E-state index < -0.39 is 0 Å². The van der Waals surface area contributed by atoms with E-state index in [1.54, 1.807) is 18.2 Å². The molecule has 2 atom stereocenters. The number of benzene rings is 3. The van der Waals surface area contributed by atoms with Gasteiger partial charge in [0, 0.05) is 48.6 Å². The van der Waals surface area contributed by atoms with E-state index in [4.69, 9.17) is 9.73 Å². The van der Waals surface area contributed by atoms with Crippen LogP contribution in [0.3, 0.4) is 0 Å². The largest absolute Gasteiger partial charge is 0.506 e. The van der Waals surface area contributed by atoms with Crippen LogP contribution in [0, 0.1) is 6.07 Å². The molecule has 2 aliphatic rings. The molecule has 6 rings (SSSR count). The summed E-state index contributed by atoms with van der Waals surface area (Å²) in [6.45, 7) is 4.66. The molecule has 174 valence electrons. The average Bonchev–Trinajstić information content (AvgIpc) is 3.23. The molecule has 4 nitrogen and oxygen atoms in total. The Hall–Kier alpha value is -2.62. The van der Waals surface area contributed by atoms with E-state index in [1.165, 1.54) is 11.1 Å². The van der Waals surface area contributed by atoms with Gasteiger partial charge in [0.2, 0.25) is 5.88 Å². The molecule has 1 aliphatic heterocycles. The first-order valence-electron chi connectivity index (χ1n) is 11.1. The molecular formula is C28H23N2O2PtS-. The van der Waals surface area contributed by atoms with Crippen molar-refractivity contribution < 1.29 is 30.9 Å². The number of fused-ring (bicyclic) bond motifs is 4. The number of pyridine rings is 1. The van der Waals surface area contributed by atoms with Crippen LogP contribution in [-0.4, -0.2) is 20.4 Å². The van der Waals surface area contributed by atoms with Gasteiger partial charge in [0.25, 0.3) is 0 Å². The van der Waals surface area contributed by atoms with Gasteiger partial charge < -0.3 is 14.8 Å². The zero-order chi connectivity index (χ0) is 22.6. The van der Waals surface area contributed by atoms with E-state index in [2.05, 4.69) is 49.2 Å². The maximum Gasteiger partial charge on any atom is 0.217 e. The Morgan fingerprint density at radius 1 is 1.00 bits per heavy atom. The van der Waals surface area contributed by atoms with Crippen molar-refractivity contribution in [1.82, 2.24) is 4.98 Å². The second-order valence-corrected chi connectivity index (χ2v) is 10.5. The van der Waals surface area contributed by atoms with E-state index in [0.29, 0.717) is 22.4 Å². The number of hydrogen-bond acceptors (Lipinski definition) is 5. The van der Waals surface area contributed by atoms with Crippen LogP contribution >= 0.6 is 11.8 Å². The molecule has 2 heterocycles. The number of nitrogens with zero attached hydrogens (tertiary/aromatic N) is 2. The summed E-state index contributed by atoms with van der Waals surface area (Å²) in [7, 11) is 0. The van der Waals surface area contributed by atoms with Gasteiger partial charge in [-0.15, -0.1) is 23.8 Å². The molecule has 0 unspecified atom stereocenters. The minimum Gasteiger partial charge on any atom is -0.506 e. The number of ether oxygens (including phenoxy) is 1. The molecule has 0 radical (unpaired) electrons. The standard InChI is InChI=1S/C28H23N2O2S.Pt/c1-28(2)16-23-26(20-10-3-4-11-21(20)28)30-27(33-23)18-8-5-9-19(15-18)32-24-14-13-17-7-6-12-22(31)25(17)29-24;/h3-14,23,26,31H,16H2,1-2H3;/q-1;/t23-,26+;/m1./s1. The number of rotatable bonds is 3. The molecule has 1 aromatic heterocycles. The number of aromatic hydroxyl groups is 1. The van der Waals surface area contributed by atoms with Crippen LogP contribution in [-0.2, 0) is 26.5 Å². The Balaban J connectivity index is 0.00000241. The molecule has 0 amide bonds. The van der Waals surface area contributed by atoms with Crippen LogP contribution in [0.25, 0.3) is 10.9 Å². The van der Waals surface area contributed by atoms with Gasteiger partial charge in [-0.2, -0.15) is 11.8 Å². The van der Waals surface area contributed by atoms with Crippen LogP contribution < -0.4 is 4.74 Å². The molecule has 0 bridgehead atoms. The third-order valence-corrected chi connectivity index (χ3v) is 7.75. The molecule has 6 heteroatoms. The monoisotopic (exact) mass is 646 g/mol. The second-order valence-electron chi connectivity index (χ2n) is 9.24. The fraction of sp³-hybridized carbons (Fsp3) is 0.214. The first-order valence-corrected chi connectivity index (χ1v) is 12.0. The maximum absolute atomic E-state index is 10.1. The van der Waals surface area contributed by atoms with Crippen molar-refractivity contribution in [1.29, 1.82) is 0 Å². The molecule has 0 fully saturated rings. The van der Waals surface area contributed by atoms with Crippen LogP contribution in [0.5, 0.6) is 17.4 Å². The molecule has 3 aromatic carbocycles.